The average molecular weight is 344 g/mol. The number of rotatable bonds is 11. The Morgan fingerprint density at radius 2 is 1.54 bits per heavy atom. The standard InChI is InChI=1S/C19H36O5/c1-10-13(3)24-14(4)16(21)19(9,11-2)18(7,8)23-12-15(20)17(5,6)22/h13-14,22H,10-12H2,1-9H3. The normalized spacial score (nSPS) is 17.9. The third-order valence-electron chi connectivity index (χ3n) is 5.21. The van der Waals surface area contributed by atoms with Gasteiger partial charge >= 0.3 is 0 Å². The maximum Gasteiger partial charge on any atom is 0.189 e. The van der Waals surface area contributed by atoms with Gasteiger partial charge in [0.15, 0.2) is 11.6 Å². The highest BCUT2D eigenvalue weighted by Gasteiger charge is 2.49. The van der Waals surface area contributed by atoms with Crippen molar-refractivity contribution < 1.29 is 24.2 Å². The SMILES string of the molecule is CCC(C)OC(C)C(=O)C(C)(CC)C(C)(C)OCC(=O)C(C)(C)O. The van der Waals surface area contributed by atoms with Crippen molar-refractivity contribution in [2.45, 2.75) is 98.6 Å². The van der Waals surface area contributed by atoms with Crippen molar-refractivity contribution >= 4 is 11.6 Å². The molecular weight excluding hydrogens is 308 g/mol. The van der Waals surface area contributed by atoms with E-state index in [4.69, 9.17) is 9.47 Å². The molecule has 5 nitrogen and oxygen atoms in total. The van der Waals surface area contributed by atoms with E-state index >= 15 is 0 Å². The van der Waals surface area contributed by atoms with E-state index in [1.165, 1.54) is 13.8 Å². The second-order valence-electron chi connectivity index (χ2n) is 7.83. The highest BCUT2D eigenvalue weighted by atomic mass is 16.5. The first kappa shape index (κ1) is 23.2. The minimum absolute atomic E-state index is 0.00542. The van der Waals surface area contributed by atoms with E-state index in [2.05, 4.69) is 0 Å². The van der Waals surface area contributed by atoms with Gasteiger partial charge in [-0.1, -0.05) is 13.8 Å². The fourth-order valence-electron chi connectivity index (χ4n) is 2.43. The van der Waals surface area contributed by atoms with Crippen molar-refractivity contribution in [3.63, 3.8) is 0 Å². The first-order valence-corrected chi connectivity index (χ1v) is 8.82. The molecule has 142 valence electrons. The van der Waals surface area contributed by atoms with Gasteiger partial charge in [-0.15, -0.1) is 0 Å². The average Bonchev–Trinajstić information content (AvgIpc) is 2.49. The molecule has 0 fully saturated rings. The van der Waals surface area contributed by atoms with Crippen LogP contribution in [0.1, 0.15) is 75.2 Å². The fraction of sp³-hybridized carbons (Fsp3) is 0.895. The number of carbonyl (C=O) groups excluding carboxylic acids is 2. The van der Waals surface area contributed by atoms with Gasteiger partial charge in [0, 0.05) is 0 Å². The van der Waals surface area contributed by atoms with E-state index < -0.39 is 28.5 Å². The summed E-state index contributed by atoms with van der Waals surface area (Å²) in [5, 5.41) is 9.75. The first-order valence-electron chi connectivity index (χ1n) is 8.82. The van der Waals surface area contributed by atoms with Crippen LogP contribution in [0.4, 0.5) is 0 Å². The summed E-state index contributed by atoms with van der Waals surface area (Å²) in [5.74, 6) is -0.448. The van der Waals surface area contributed by atoms with Gasteiger partial charge in [0.25, 0.3) is 0 Å². The molecule has 0 aliphatic heterocycles. The van der Waals surface area contributed by atoms with E-state index in [0.717, 1.165) is 6.42 Å². The molecule has 5 heteroatoms. The highest BCUT2D eigenvalue weighted by Crippen LogP contribution is 2.40. The summed E-state index contributed by atoms with van der Waals surface area (Å²) < 4.78 is 11.6. The molecule has 1 N–H and O–H groups in total. The third-order valence-corrected chi connectivity index (χ3v) is 5.21. The van der Waals surface area contributed by atoms with Crippen molar-refractivity contribution in [1.82, 2.24) is 0 Å². The van der Waals surface area contributed by atoms with Gasteiger partial charge < -0.3 is 14.6 Å². The van der Waals surface area contributed by atoms with E-state index in [-0.39, 0.29) is 18.5 Å². The Balaban J connectivity index is 5.22. The largest absolute Gasteiger partial charge is 0.383 e. The molecule has 0 aromatic heterocycles. The van der Waals surface area contributed by atoms with Gasteiger partial charge in [0.05, 0.1) is 17.1 Å². The Labute approximate surface area is 147 Å². The molecule has 3 unspecified atom stereocenters. The minimum atomic E-state index is -1.45. The molecule has 0 aromatic carbocycles. The number of Topliss-reactive ketones (excluding diaryl/α,β-unsaturated/α-hetero) is 2. The fourth-order valence-corrected chi connectivity index (χ4v) is 2.43. The third kappa shape index (κ3) is 5.64. The maximum absolute atomic E-state index is 13.0. The predicted molar refractivity (Wildman–Crippen MR) is 95.0 cm³/mol. The number of hydrogen-bond donors (Lipinski definition) is 1. The number of carbonyl (C=O) groups is 2. The second-order valence-corrected chi connectivity index (χ2v) is 7.83. The van der Waals surface area contributed by atoms with Crippen LogP contribution in [-0.4, -0.2) is 46.7 Å². The highest BCUT2D eigenvalue weighted by molar-refractivity contribution is 5.90. The zero-order chi connectivity index (χ0) is 19.3. The molecule has 24 heavy (non-hydrogen) atoms. The van der Waals surface area contributed by atoms with Gasteiger partial charge in [0.2, 0.25) is 0 Å². The Morgan fingerprint density at radius 1 is 1.04 bits per heavy atom. The van der Waals surface area contributed by atoms with Crippen LogP contribution in [0, 0.1) is 5.41 Å². The number of ether oxygens (including phenoxy) is 2. The van der Waals surface area contributed by atoms with E-state index in [9.17, 15) is 14.7 Å². The summed E-state index contributed by atoms with van der Waals surface area (Å²) >= 11 is 0. The van der Waals surface area contributed by atoms with Gasteiger partial charge in [0.1, 0.15) is 18.3 Å². The number of ketones is 2. The van der Waals surface area contributed by atoms with Crippen molar-refractivity contribution in [1.29, 1.82) is 0 Å². The second kappa shape index (κ2) is 8.54. The van der Waals surface area contributed by atoms with Crippen LogP contribution in [0.25, 0.3) is 0 Å². The van der Waals surface area contributed by atoms with Crippen LogP contribution in [0.3, 0.4) is 0 Å². The molecule has 0 heterocycles. The quantitative estimate of drug-likeness (QED) is 0.622. The maximum atomic E-state index is 13.0. The predicted octanol–water partition coefficient (Wildman–Crippen LogP) is 3.31. The van der Waals surface area contributed by atoms with Crippen LogP contribution >= 0.6 is 0 Å². The molecule has 0 saturated heterocycles. The number of hydrogen-bond acceptors (Lipinski definition) is 5. The van der Waals surface area contributed by atoms with Crippen molar-refractivity contribution in [2.75, 3.05) is 6.61 Å². The summed E-state index contributed by atoms with van der Waals surface area (Å²) in [6.07, 6.45) is 0.855. The lowest BCUT2D eigenvalue weighted by atomic mass is 9.68. The molecule has 3 atom stereocenters. The summed E-state index contributed by atoms with van der Waals surface area (Å²) in [6, 6.07) is 0. The van der Waals surface area contributed by atoms with Crippen LogP contribution in [0.5, 0.6) is 0 Å². The molecule has 0 radical (unpaired) electrons. The van der Waals surface area contributed by atoms with Crippen LogP contribution in [-0.2, 0) is 19.1 Å². The lowest BCUT2D eigenvalue weighted by Gasteiger charge is -2.43. The van der Waals surface area contributed by atoms with E-state index in [0.29, 0.717) is 6.42 Å². The first-order chi connectivity index (χ1) is 10.7. The monoisotopic (exact) mass is 344 g/mol. The van der Waals surface area contributed by atoms with Crippen LogP contribution < -0.4 is 0 Å². The lowest BCUT2D eigenvalue weighted by molar-refractivity contribution is -0.171. The Morgan fingerprint density at radius 3 is 1.92 bits per heavy atom. The Bertz CT molecular complexity index is 436. The van der Waals surface area contributed by atoms with Crippen LogP contribution in [0.15, 0.2) is 0 Å². The van der Waals surface area contributed by atoms with Gasteiger partial charge in [-0.05, 0) is 61.3 Å². The zero-order valence-corrected chi connectivity index (χ0v) is 16.9. The van der Waals surface area contributed by atoms with Gasteiger partial charge in [-0.25, -0.2) is 0 Å². The van der Waals surface area contributed by atoms with Crippen LogP contribution in [0.2, 0.25) is 0 Å². The molecule has 0 rings (SSSR count). The van der Waals surface area contributed by atoms with E-state index in [1.807, 2.05) is 41.5 Å². The van der Waals surface area contributed by atoms with Crippen molar-refractivity contribution in [3.8, 4) is 0 Å². The smallest absolute Gasteiger partial charge is 0.189 e. The lowest BCUT2D eigenvalue weighted by Crippen LogP contribution is -2.53. The van der Waals surface area contributed by atoms with Crippen molar-refractivity contribution in [3.05, 3.63) is 0 Å². The van der Waals surface area contributed by atoms with Crippen molar-refractivity contribution in [2.24, 2.45) is 5.41 Å². The molecular formula is C19H36O5. The Hall–Kier alpha value is -0.780. The summed E-state index contributed by atoms with van der Waals surface area (Å²) in [7, 11) is 0. The molecule has 0 spiro atoms. The summed E-state index contributed by atoms with van der Waals surface area (Å²) in [5.41, 5.74) is -3.12. The van der Waals surface area contributed by atoms with E-state index in [1.54, 1.807) is 6.92 Å². The molecule has 0 amide bonds. The number of aliphatic hydroxyl groups is 1. The Kier molecular flexibility index (Phi) is 8.27. The summed E-state index contributed by atoms with van der Waals surface area (Å²) in [4.78, 5) is 24.9. The zero-order valence-electron chi connectivity index (χ0n) is 16.9. The van der Waals surface area contributed by atoms with Gasteiger partial charge in [-0.3, -0.25) is 9.59 Å². The molecule has 0 saturated carbocycles. The molecule has 0 aliphatic carbocycles. The van der Waals surface area contributed by atoms with Gasteiger partial charge in [-0.2, -0.15) is 0 Å². The summed E-state index contributed by atoms with van der Waals surface area (Å²) in [6.45, 7) is 15.7. The molecule has 0 aliphatic rings. The topological polar surface area (TPSA) is 72.8 Å². The molecule has 0 aromatic rings. The minimum Gasteiger partial charge on any atom is -0.383 e. The molecule has 0 bridgehead atoms.